The number of hydrogen-bond acceptors (Lipinski definition) is 3. The largest absolute Gasteiger partial charge is 0.390 e. The lowest BCUT2D eigenvalue weighted by atomic mass is 9.78. The summed E-state index contributed by atoms with van der Waals surface area (Å²) in [4.78, 5) is 6.63. The maximum Gasteiger partial charge on any atom is 0.0853 e. The smallest absolute Gasteiger partial charge is 0.0853 e. The van der Waals surface area contributed by atoms with E-state index in [1.165, 1.54) is 44.5 Å². The van der Waals surface area contributed by atoms with Crippen molar-refractivity contribution in [3.05, 3.63) is 24.0 Å². The number of nitrogens with zero attached hydrogens (tertiary/aromatic N) is 2. The molecule has 1 saturated heterocycles. The first kappa shape index (κ1) is 11.0. The number of fused-ring (bicyclic) bond motifs is 2. The van der Waals surface area contributed by atoms with Crippen LogP contribution in [0.1, 0.15) is 31.4 Å². The molecule has 1 aliphatic heterocycles. The maximum absolute atomic E-state index is 9.14. The van der Waals surface area contributed by atoms with E-state index in [0.29, 0.717) is 0 Å². The SMILES string of the molecule is OCc1cc(N2CC3CCCC(C3)C2)ccn1. The number of anilines is 1. The number of pyridine rings is 1. The van der Waals surface area contributed by atoms with E-state index in [4.69, 9.17) is 5.11 Å². The summed E-state index contributed by atoms with van der Waals surface area (Å²) in [6.07, 6.45) is 7.44. The minimum absolute atomic E-state index is 0.0362. The Balaban J connectivity index is 1.79. The van der Waals surface area contributed by atoms with Crippen LogP contribution in [0.15, 0.2) is 18.3 Å². The number of rotatable bonds is 2. The van der Waals surface area contributed by atoms with E-state index < -0.39 is 0 Å². The quantitative estimate of drug-likeness (QED) is 0.849. The number of aromatic nitrogens is 1. The van der Waals surface area contributed by atoms with Crippen molar-refractivity contribution in [1.82, 2.24) is 4.98 Å². The molecule has 0 aromatic carbocycles. The molecule has 2 unspecified atom stereocenters. The third kappa shape index (κ3) is 2.29. The van der Waals surface area contributed by atoms with Crippen LogP contribution in [0.2, 0.25) is 0 Å². The van der Waals surface area contributed by atoms with Crippen molar-refractivity contribution in [3.63, 3.8) is 0 Å². The van der Waals surface area contributed by atoms with Crippen molar-refractivity contribution in [2.24, 2.45) is 11.8 Å². The zero-order valence-electron chi connectivity index (χ0n) is 10.2. The highest BCUT2D eigenvalue weighted by atomic mass is 16.3. The standard InChI is InChI=1S/C14H20N2O/c17-10-13-7-14(4-5-15-13)16-8-11-2-1-3-12(6-11)9-16/h4-5,7,11-12,17H,1-3,6,8-10H2. The molecule has 0 spiro atoms. The predicted octanol–water partition coefficient (Wildman–Crippen LogP) is 2.20. The molecule has 1 aromatic heterocycles. The Labute approximate surface area is 102 Å². The van der Waals surface area contributed by atoms with Crippen molar-refractivity contribution < 1.29 is 5.11 Å². The molecule has 2 heterocycles. The third-order valence-corrected chi connectivity index (χ3v) is 4.18. The van der Waals surface area contributed by atoms with Crippen LogP contribution in [0, 0.1) is 11.8 Å². The molecule has 0 radical (unpaired) electrons. The fraction of sp³-hybridized carbons (Fsp3) is 0.643. The van der Waals surface area contributed by atoms with Gasteiger partial charge in [-0.2, -0.15) is 0 Å². The summed E-state index contributed by atoms with van der Waals surface area (Å²) < 4.78 is 0. The number of piperidine rings is 1. The monoisotopic (exact) mass is 232 g/mol. The van der Waals surface area contributed by atoms with Gasteiger partial charge in [0.25, 0.3) is 0 Å². The van der Waals surface area contributed by atoms with E-state index in [0.717, 1.165) is 17.5 Å². The van der Waals surface area contributed by atoms with Crippen molar-refractivity contribution >= 4 is 5.69 Å². The lowest BCUT2D eigenvalue weighted by molar-refractivity contribution is 0.231. The van der Waals surface area contributed by atoms with Crippen LogP contribution in [-0.2, 0) is 6.61 Å². The van der Waals surface area contributed by atoms with Crippen LogP contribution >= 0.6 is 0 Å². The van der Waals surface area contributed by atoms with Gasteiger partial charge < -0.3 is 10.0 Å². The second kappa shape index (κ2) is 4.65. The van der Waals surface area contributed by atoms with E-state index in [1.54, 1.807) is 0 Å². The van der Waals surface area contributed by atoms with Gasteiger partial charge in [-0.15, -0.1) is 0 Å². The fourth-order valence-corrected chi connectivity index (χ4v) is 3.39. The van der Waals surface area contributed by atoms with E-state index in [-0.39, 0.29) is 6.61 Å². The Morgan fingerprint density at radius 1 is 1.29 bits per heavy atom. The molecule has 2 fully saturated rings. The van der Waals surface area contributed by atoms with Crippen LogP contribution in [-0.4, -0.2) is 23.2 Å². The lowest BCUT2D eigenvalue weighted by Gasteiger charge is -2.42. The molecule has 3 nitrogen and oxygen atoms in total. The first-order valence-electron chi connectivity index (χ1n) is 6.66. The van der Waals surface area contributed by atoms with Crippen LogP contribution in [0.3, 0.4) is 0 Å². The lowest BCUT2D eigenvalue weighted by Crippen LogP contribution is -2.42. The average Bonchev–Trinajstić information content (AvgIpc) is 2.38. The van der Waals surface area contributed by atoms with Gasteiger partial charge in [0.05, 0.1) is 12.3 Å². The molecule has 2 aliphatic rings. The van der Waals surface area contributed by atoms with Crippen molar-refractivity contribution in [3.8, 4) is 0 Å². The highest BCUT2D eigenvalue weighted by molar-refractivity contribution is 5.47. The van der Waals surface area contributed by atoms with Crippen LogP contribution < -0.4 is 4.90 Å². The molecule has 3 rings (SSSR count). The normalized spacial score (nSPS) is 28.2. The first-order chi connectivity index (χ1) is 8.35. The van der Waals surface area contributed by atoms with Gasteiger partial charge in [-0.05, 0) is 43.2 Å². The average molecular weight is 232 g/mol. The topological polar surface area (TPSA) is 36.4 Å². The van der Waals surface area contributed by atoms with Crippen molar-refractivity contribution in [2.45, 2.75) is 32.3 Å². The molecule has 1 aromatic rings. The summed E-state index contributed by atoms with van der Waals surface area (Å²) in [5.41, 5.74) is 2.01. The second-order valence-corrected chi connectivity index (χ2v) is 5.47. The van der Waals surface area contributed by atoms with Crippen LogP contribution in [0.5, 0.6) is 0 Å². The molecule has 1 N–H and O–H groups in total. The molecule has 1 saturated carbocycles. The number of hydrogen-bond donors (Lipinski definition) is 1. The van der Waals surface area contributed by atoms with Gasteiger partial charge in [0, 0.05) is 25.0 Å². The van der Waals surface area contributed by atoms with Gasteiger partial charge in [-0.3, -0.25) is 4.98 Å². The van der Waals surface area contributed by atoms with E-state index in [9.17, 15) is 0 Å². The second-order valence-electron chi connectivity index (χ2n) is 5.47. The summed E-state index contributed by atoms with van der Waals surface area (Å²) in [7, 11) is 0. The van der Waals surface area contributed by atoms with E-state index in [2.05, 4.69) is 16.0 Å². The van der Waals surface area contributed by atoms with Crippen LogP contribution in [0.4, 0.5) is 5.69 Å². The minimum atomic E-state index is 0.0362. The molecular formula is C14H20N2O. The van der Waals surface area contributed by atoms with E-state index >= 15 is 0 Å². The summed E-state index contributed by atoms with van der Waals surface area (Å²) in [6.45, 7) is 2.41. The Morgan fingerprint density at radius 3 is 2.76 bits per heavy atom. The first-order valence-corrected chi connectivity index (χ1v) is 6.66. The predicted molar refractivity (Wildman–Crippen MR) is 67.8 cm³/mol. The molecule has 92 valence electrons. The summed E-state index contributed by atoms with van der Waals surface area (Å²) >= 11 is 0. The molecular weight excluding hydrogens is 212 g/mol. The molecule has 2 atom stereocenters. The van der Waals surface area contributed by atoms with Crippen LogP contribution in [0.25, 0.3) is 0 Å². The molecule has 1 aliphatic carbocycles. The summed E-state index contributed by atoms with van der Waals surface area (Å²) in [6, 6.07) is 4.10. The zero-order chi connectivity index (χ0) is 11.7. The highest BCUT2D eigenvalue weighted by Gasteiger charge is 2.30. The van der Waals surface area contributed by atoms with Gasteiger partial charge in [-0.1, -0.05) is 6.42 Å². The fourth-order valence-electron chi connectivity index (χ4n) is 3.39. The van der Waals surface area contributed by atoms with Crippen molar-refractivity contribution in [2.75, 3.05) is 18.0 Å². The molecule has 0 amide bonds. The van der Waals surface area contributed by atoms with Crippen molar-refractivity contribution in [1.29, 1.82) is 0 Å². The van der Waals surface area contributed by atoms with Gasteiger partial charge in [-0.25, -0.2) is 0 Å². The highest BCUT2D eigenvalue weighted by Crippen LogP contribution is 2.36. The van der Waals surface area contributed by atoms with Gasteiger partial charge in [0.2, 0.25) is 0 Å². The maximum atomic E-state index is 9.14. The van der Waals surface area contributed by atoms with E-state index in [1.807, 2.05) is 12.3 Å². The molecule has 2 bridgehead atoms. The Bertz CT molecular complexity index is 382. The van der Waals surface area contributed by atoms with Gasteiger partial charge in [0.1, 0.15) is 0 Å². The summed E-state index contributed by atoms with van der Waals surface area (Å²) in [5, 5.41) is 9.14. The minimum Gasteiger partial charge on any atom is -0.390 e. The third-order valence-electron chi connectivity index (χ3n) is 4.18. The Hall–Kier alpha value is -1.09. The zero-order valence-corrected chi connectivity index (χ0v) is 10.2. The molecule has 3 heteroatoms. The number of aliphatic hydroxyl groups excluding tert-OH is 1. The Kier molecular flexibility index (Phi) is 3.02. The summed E-state index contributed by atoms with van der Waals surface area (Å²) in [5.74, 6) is 1.77. The van der Waals surface area contributed by atoms with Gasteiger partial charge >= 0.3 is 0 Å². The molecule has 17 heavy (non-hydrogen) atoms. The number of aliphatic hydroxyl groups is 1. The van der Waals surface area contributed by atoms with Gasteiger partial charge in [0.15, 0.2) is 0 Å². The Morgan fingerprint density at radius 2 is 2.06 bits per heavy atom.